The van der Waals surface area contributed by atoms with Gasteiger partial charge in [0.2, 0.25) is 9.05 Å². The summed E-state index contributed by atoms with van der Waals surface area (Å²) < 4.78 is 65.1. The molecule has 0 aliphatic heterocycles. The molecule has 8 heteroatoms. The first-order chi connectivity index (χ1) is 9.62. The molecule has 0 radical (unpaired) electrons. The summed E-state index contributed by atoms with van der Waals surface area (Å²) in [6, 6.07) is 4.47. The van der Waals surface area contributed by atoms with Gasteiger partial charge in [0, 0.05) is 16.6 Å². The first-order valence-electron chi connectivity index (χ1n) is 6.34. The van der Waals surface area contributed by atoms with E-state index >= 15 is 0 Å². The van der Waals surface area contributed by atoms with E-state index in [1.165, 1.54) is 12.1 Å². The summed E-state index contributed by atoms with van der Waals surface area (Å²) in [6.07, 6.45) is -3.16. The second-order valence-electron chi connectivity index (χ2n) is 4.70. The number of hydrogen-bond acceptors (Lipinski definition) is 3. The van der Waals surface area contributed by atoms with Gasteiger partial charge < -0.3 is 4.74 Å². The van der Waals surface area contributed by atoms with Gasteiger partial charge in [-0.2, -0.15) is 13.2 Å². The monoisotopic (exact) mass is 344 g/mol. The third-order valence-electron chi connectivity index (χ3n) is 2.78. The third kappa shape index (κ3) is 7.04. The first kappa shape index (κ1) is 18.1. The number of halogens is 4. The minimum atomic E-state index is -4.44. The van der Waals surface area contributed by atoms with Crippen molar-refractivity contribution in [2.45, 2.75) is 25.9 Å². The number of rotatable bonds is 7. The molecule has 0 aromatic heterocycles. The maximum atomic E-state index is 12.6. The van der Waals surface area contributed by atoms with Gasteiger partial charge in [0.15, 0.2) is 0 Å². The largest absolute Gasteiger partial charge is 0.493 e. The predicted molar refractivity (Wildman–Crippen MR) is 75.0 cm³/mol. The Bertz CT molecular complexity index is 558. The van der Waals surface area contributed by atoms with E-state index in [2.05, 4.69) is 0 Å². The number of ether oxygens (including phenoxy) is 1. The summed E-state index contributed by atoms with van der Waals surface area (Å²) in [5.74, 6) is -0.564. The van der Waals surface area contributed by atoms with E-state index in [0.717, 1.165) is 18.6 Å². The Morgan fingerprint density at radius 3 is 2.52 bits per heavy atom. The summed E-state index contributed by atoms with van der Waals surface area (Å²) in [5.41, 5.74) is -0.808. The highest BCUT2D eigenvalue weighted by Gasteiger charge is 2.30. The van der Waals surface area contributed by atoms with Crippen LogP contribution in [0.4, 0.5) is 13.2 Å². The van der Waals surface area contributed by atoms with Crippen molar-refractivity contribution in [2.75, 3.05) is 12.4 Å². The van der Waals surface area contributed by atoms with Crippen LogP contribution in [0.25, 0.3) is 0 Å². The second kappa shape index (κ2) is 7.35. The van der Waals surface area contributed by atoms with Crippen molar-refractivity contribution >= 4 is 19.7 Å². The van der Waals surface area contributed by atoms with Crippen LogP contribution in [0.3, 0.4) is 0 Å². The van der Waals surface area contributed by atoms with E-state index in [4.69, 9.17) is 15.4 Å². The van der Waals surface area contributed by atoms with Crippen molar-refractivity contribution < 1.29 is 26.3 Å². The molecular weight excluding hydrogens is 329 g/mol. The molecule has 1 atom stereocenters. The zero-order valence-electron chi connectivity index (χ0n) is 11.4. The molecule has 3 nitrogen and oxygen atoms in total. The molecule has 0 amide bonds. The molecule has 1 aromatic rings. The van der Waals surface area contributed by atoms with E-state index in [1.54, 1.807) is 0 Å². The van der Waals surface area contributed by atoms with Gasteiger partial charge in [0.1, 0.15) is 5.75 Å². The minimum Gasteiger partial charge on any atom is -0.493 e. The van der Waals surface area contributed by atoms with Crippen LogP contribution >= 0.6 is 10.7 Å². The normalized spacial score (nSPS) is 14.0. The maximum Gasteiger partial charge on any atom is 0.416 e. The molecule has 0 saturated heterocycles. The molecule has 1 unspecified atom stereocenters. The van der Waals surface area contributed by atoms with E-state index < -0.39 is 20.8 Å². The van der Waals surface area contributed by atoms with Crippen LogP contribution in [0.5, 0.6) is 5.75 Å². The van der Waals surface area contributed by atoms with Crippen molar-refractivity contribution in [1.82, 2.24) is 0 Å². The number of alkyl halides is 3. The lowest BCUT2D eigenvalue weighted by atomic mass is 10.1. The fourth-order valence-corrected chi connectivity index (χ4v) is 3.24. The predicted octanol–water partition coefficient (Wildman–Crippen LogP) is 4.07. The fraction of sp³-hybridized carbons (Fsp3) is 0.538. The van der Waals surface area contributed by atoms with Gasteiger partial charge in [-0.1, -0.05) is 19.4 Å². The highest BCUT2D eigenvalue weighted by atomic mass is 35.7. The van der Waals surface area contributed by atoms with Gasteiger partial charge in [0.25, 0.3) is 0 Å². The first-order valence-corrected chi connectivity index (χ1v) is 8.82. The quantitative estimate of drug-likeness (QED) is 0.700. The SMILES string of the molecule is CCCC(COc1cccc(C(F)(F)F)c1)CS(=O)(=O)Cl. The van der Waals surface area contributed by atoms with Crippen LogP contribution in [-0.4, -0.2) is 20.8 Å². The van der Waals surface area contributed by atoms with Crippen molar-refractivity contribution in [3.05, 3.63) is 29.8 Å². The standard InChI is InChI=1S/C13H16ClF3O3S/c1-2-4-10(9-21(14,18)19)8-20-12-6-3-5-11(7-12)13(15,16)17/h3,5-7,10H,2,4,8-9H2,1H3. The van der Waals surface area contributed by atoms with Gasteiger partial charge in [0.05, 0.1) is 17.9 Å². The highest BCUT2D eigenvalue weighted by Crippen LogP contribution is 2.31. The maximum absolute atomic E-state index is 12.6. The molecule has 0 saturated carbocycles. The fourth-order valence-electron chi connectivity index (χ4n) is 1.88. The summed E-state index contributed by atoms with van der Waals surface area (Å²) in [5, 5.41) is 0. The van der Waals surface area contributed by atoms with E-state index in [0.29, 0.717) is 6.42 Å². The van der Waals surface area contributed by atoms with Crippen LogP contribution in [0.2, 0.25) is 0 Å². The third-order valence-corrected chi connectivity index (χ3v) is 4.03. The Hall–Kier alpha value is -0.950. The van der Waals surface area contributed by atoms with Crippen molar-refractivity contribution in [3.8, 4) is 5.75 Å². The van der Waals surface area contributed by atoms with Crippen molar-refractivity contribution in [3.63, 3.8) is 0 Å². The molecule has 0 fully saturated rings. The molecule has 21 heavy (non-hydrogen) atoms. The Morgan fingerprint density at radius 1 is 1.33 bits per heavy atom. The molecule has 0 spiro atoms. The van der Waals surface area contributed by atoms with Crippen LogP contribution in [-0.2, 0) is 15.2 Å². The summed E-state index contributed by atoms with van der Waals surface area (Å²) in [4.78, 5) is 0. The molecule has 1 aromatic carbocycles. The molecule has 120 valence electrons. The van der Waals surface area contributed by atoms with Crippen molar-refractivity contribution in [2.24, 2.45) is 5.92 Å². The van der Waals surface area contributed by atoms with E-state index in [9.17, 15) is 21.6 Å². The topological polar surface area (TPSA) is 43.4 Å². The van der Waals surface area contributed by atoms with Gasteiger partial charge in [-0.05, 0) is 24.6 Å². The van der Waals surface area contributed by atoms with Crippen LogP contribution in [0, 0.1) is 5.92 Å². The van der Waals surface area contributed by atoms with E-state index in [-0.39, 0.29) is 24.0 Å². The van der Waals surface area contributed by atoms with Gasteiger partial charge in [-0.25, -0.2) is 8.42 Å². The lowest BCUT2D eigenvalue weighted by Gasteiger charge is -2.16. The van der Waals surface area contributed by atoms with E-state index in [1.807, 2.05) is 6.92 Å². The lowest BCUT2D eigenvalue weighted by Crippen LogP contribution is -2.19. The Kier molecular flexibility index (Phi) is 6.34. The highest BCUT2D eigenvalue weighted by molar-refractivity contribution is 8.13. The Morgan fingerprint density at radius 2 is 2.00 bits per heavy atom. The molecule has 0 bridgehead atoms. The van der Waals surface area contributed by atoms with Crippen LogP contribution in [0.1, 0.15) is 25.3 Å². The summed E-state index contributed by atoms with van der Waals surface area (Å²) >= 11 is 0. The zero-order valence-corrected chi connectivity index (χ0v) is 12.9. The average Bonchev–Trinajstić information content (AvgIpc) is 2.34. The molecule has 0 heterocycles. The molecular formula is C13H16ClF3O3S. The summed E-state index contributed by atoms with van der Waals surface area (Å²) in [6.45, 7) is 1.87. The molecule has 1 rings (SSSR count). The summed E-state index contributed by atoms with van der Waals surface area (Å²) in [7, 11) is 1.53. The zero-order chi connectivity index (χ0) is 16.1. The smallest absolute Gasteiger partial charge is 0.416 e. The van der Waals surface area contributed by atoms with Crippen LogP contribution < -0.4 is 4.74 Å². The Balaban J connectivity index is 2.72. The molecule has 0 aliphatic carbocycles. The van der Waals surface area contributed by atoms with Crippen molar-refractivity contribution in [1.29, 1.82) is 0 Å². The van der Waals surface area contributed by atoms with Gasteiger partial charge >= 0.3 is 6.18 Å². The second-order valence-corrected chi connectivity index (χ2v) is 7.52. The lowest BCUT2D eigenvalue weighted by molar-refractivity contribution is -0.137. The van der Waals surface area contributed by atoms with Crippen LogP contribution in [0.15, 0.2) is 24.3 Å². The average molecular weight is 345 g/mol. The minimum absolute atomic E-state index is 0.00109. The molecule has 0 aliphatic rings. The Labute approximate surface area is 126 Å². The number of hydrogen-bond donors (Lipinski definition) is 0. The van der Waals surface area contributed by atoms with Gasteiger partial charge in [-0.3, -0.25) is 0 Å². The number of benzene rings is 1. The van der Waals surface area contributed by atoms with Gasteiger partial charge in [-0.15, -0.1) is 0 Å². The molecule has 0 N–H and O–H groups in total.